The average molecular weight is 250 g/mol. The molecular weight excluding hydrogens is 232 g/mol. The van der Waals surface area contributed by atoms with E-state index in [-0.39, 0.29) is 0 Å². The van der Waals surface area contributed by atoms with Crippen LogP contribution in [0.1, 0.15) is 13.8 Å². The summed E-state index contributed by atoms with van der Waals surface area (Å²) in [6, 6.07) is 6.96. The van der Waals surface area contributed by atoms with Crippen LogP contribution in [0.4, 0.5) is 5.69 Å². The van der Waals surface area contributed by atoms with E-state index in [0.29, 0.717) is 24.5 Å². The number of likely N-dealkylation sites (N-methyl/N-ethyl adjacent to an activating group) is 1. The van der Waals surface area contributed by atoms with Crippen molar-refractivity contribution in [1.82, 2.24) is 4.90 Å². The Hall–Kier alpha value is -2.04. The third-order valence-electron chi connectivity index (χ3n) is 2.60. The summed E-state index contributed by atoms with van der Waals surface area (Å²) in [6.07, 6.45) is 0. The molecule has 0 radical (unpaired) electrons. The van der Waals surface area contributed by atoms with E-state index in [2.05, 4.69) is 5.32 Å². The Kier molecular flexibility index (Phi) is 5.17. The predicted molar refractivity (Wildman–Crippen MR) is 69.6 cm³/mol. The van der Waals surface area contributed by atoms with E-state index in [1.807, 2.05) is 13.8 Å². The number of amides is 2. The molecule has 0 atom stereocenters. The van der Waals surface area contributed by atoms with E-state index in [9.17, 15) is 9.59 Å². The molecule has 0 fully saturated rings. The minimum absolute atomic E-state index is 0.491. The van der Waals surface area contributed by atoms with Gasteiger partial charge in [-0.2, -0.15) is 0 Å². The fourth-order valence-corrected chi connectivity index (χ4v) is 1.58. The highest BCUT2D eigenvalue weighted by Crippen LogP contribution is 2.22. The summed E-state index contributed by atoms with van der Waals surface area (Å²) in [6.45, 7) is 4.68. The van der Waals surface area contributed by atoms with Crippen LogP contribution >= 0.6 is 0 Å². The third-order valence-corrected chi connectivity index (χ3v) is 2.60. The highest BCUT2D eigenvalue weighted by molar-refractivity contribution is 6.39. The molecule has 0 aliphatic carbocycles. The highest BCUT2D eigenvalue weighted by Gasteiger charge is 2.20. The molecule has 0 aromatic heterocycles. The zero-order valence-electron chi connectivity index (χ0n) is 10.9. The second-order valence-electron chi connectivity index (χ2n) is 3.63. The van der Waals surface area contributed by atoms with Crippen LogP contribution in [0, 0.1) is 0 Å². The lowest BCUT2D eigenvalue weighted by atomic mass is 10.3. The minimum Gasteiger partial charge on any atom is -0.495 e. The first-order chi connectivity index (χ1) is 8.63. The summed E-state index contributed by atoms with van der Waals surface area (Å²) >= 11 is 0. The molecule has 18 heavy (non-hydrogen) atoms. The van der Waals surface area contributed by atoms with Gasteiger partial charge in [0.15, 0.2) is 0 Å². The van der Waals surface area contributed by atoms with E-state index in [0.717, 1.165) is 0 Å². The van der Waals surface area contributed by atoms with Crippen LogP contribution in [0.5, 0.6) is 5.75 Å². The Balaban J connectivity index is 2.78. The van der Waals surface area contributed by atoms with Gasteiger partial charge < -0.3 is 15.0 Å². The van der Waals surface area contributed by atoms with E-state index >= 15 is 0 Å². The Labute approximate surface area is 107 Å². The maximum atomic E-state index is 11.8. The maximum absolute atomic E-state index is 11.8. The SMILES string of the molecule is CCN(CC)C(=O)C(=O)Nc1ccccc1OC. The number of carbonyl (C=O) groups is 2. The van der Waals surface area contributed by atoms with Gasteiger partial charge in [-0.1, -0.05) is 12.1 Å². The van der Waals surface area contributed by atoms with Gasteiger partial charge in [0.25, 0.3) is 0 Å². The molecule has 0 saturated carbocycles. The van der Waals surface area contributed by atoms with Crippen LogP contribution in [-0.4, -0.2) is 36.9 Å². The number of para-hydroxylation sites is 2. The van der Waals surface area contributed by atoms with Gasteiger partial charge in [-0.25, -0.2) is 0 Å². The second-order valence-corrected chi connectivity index (χ2v) is 3.63. The molecular formula is C13H18N2O3. The summed E-state index contributed by atoms with van der Waals surface area (Å²) in [5.41, 5.74) is 0.491. The first-order valence-corrected chi connectivity index (χ1v) is 5.87. The van der Waals surface area contributed by atoms with Gasteiger partial charge in [0.2, 0.25) is 0 Å². The van der Waals surface area contributed by atoms with E-state index in [1.165, 1.54) is 12.0 Å². The van der Waals surface area contributed by atoms with Gasteiger partial charge >= 0.3 is 11.8 Å². The van der Waals surface area contributed by atoms with Crippen molar-refractivity contribution in [3.63, 3.8) is 0 Å². The topological polar surface area (TPSA) is 58.6 Å². The second kappa shape index (κ2) is 6.64. The molecule has 0 aliphatic rings. The first kappa shape index (κ1) is 14.0. The van der Waals surface area contributed by atoms with Crippen LogP contribution in [0.2, 0.25) is 0 Å². The van der Waals surface area contributed by atoms with E-state index in [4.69, 9.17) is 4.74 Å². The van der Waals surface area contributed by atoms with Crippen LogP contribution in [0.3, 0.4) is 0 Å². The standard InChI is InChI=1S/C13H18N2O3/c1-4-15(5-2)13(17)12(16)14-10-8-6-7-9-11(10)18-3/h6-9H,4-5H2,1-3H3,(H,14,16). The third kappa shape index (κ3) is 3.23. The number of nitrogens with one attached hydrogen (secondary N) is 1. The van der Waals surface area contributed by atoms with E-state index in [1.54, 1.807) is 24.3 Å². The van der Waals surface area contributed by atoms with Crippen molar-refractivity contribution < 1.29 is 14.3 Å². The predicted octanol–water partition coefficient (Wildman–Crippen LogP) is 1.50. The summed E-state index contributed by atoms with van der Waals surface area (Å²) in [5, 5.41) is 2.56. The van der Waals surface area contributed by atoms with Gasteiger partial charge in [-0.3, -0.25) is 9.59 Å². The lowest BCUT2D eigenvalue weighted by Gasteiger charge is -2.18. The van der Waals surface area contributed by atoms with Crippen LogP contribution in [0.15, 0.2) is 24.3 Å². The van der Waals surface area contributed by atoms with Crippen molar-refractivity contribution in [2.24, 2.45) is 0 Å². The quantitative estimate of drug-likeness (QED) is 0.824. The molecule has 1 rings (SSSR count). The molecule has 0 bridgehead atoms. The number of carbonyl (C=O) groups excluding carboxylic acids is 2. The number of anilines is 1. The molecule has 5 nitrogen and oxygen atoms in total. The molecule has 98 valence electrons. The van der Waals surface area contributed by atoms with Crippen LogP contribution in [0.25, 0.3) is 0 Å². The van der Waals surface area contributed by atoms with E-state index < -0.39 is 11.8 Å². The number of nitrogens with zero attached hydrogens (tertiary/aromatic N) is 1. The Morgan fingerprint density at radius 3 is 2.39 bits per heavy atom. The number of benzene rings is 1. The molecule has 0 heterocycles. The number of methoxy groups -OCH3 is 1. The highest BCUT2D eigenvalue weighted by atomic mass is 16.5. The fraction of sp³-hybridized carbons (Fsp3) is 0.385. The monoisotopic (exact) mass is 250 g/mol. The summed E-state index contributed by atoms with van der Waals surface area (Å²) in [7, 11) is 1.51. The zero-order valence-corrected chi connectivity index (χ0v) is 10.9. The Bertz CT molecular complexity index is 428. The van der Waals surface area contributed by atoms with Crippen molar-refractivity contribution >= 4 is 17.5 Å². The number of rotatable bonds is 4. The smallest absolute Gasteiger partial charge is 0.314 e. The number of ether oxygens (including phenoxy) is 1. The van der Waals surface area contributed by atoms with Gasteiger partial charge in [-0.15, -0.1) is 0 Å². The summed E-state index contributed by atoms with van der Waals surface area (Å²) in [4.78, 5) is 25.0. The molecule has 0 saturated heterocycles. The van der Waals surface area contributed by atoms with Crippen LogP contribution < -0.4 is 10.1 Å². The Morgan fingerprint density at radius 2 is 1.83 bits per heavy atom. The van der Waals surface area contributed by atoms with Crippen molar-refractivity contribution in [2.75, 3.05) is 25.5 Å². The first-order valence-electron chi connectivity index (χ1n) is 5.87. The molecule has 0 unspecified atom stereocenters. The lowest BCUT2D eigenvalue weighted by molar-refractivity contribution is -0.142. The minimum atomic E-state index is -0.650. The largest absolute Gasteiger partial charge is 0.495 e. The number of hydrogen-bond acceptors (Lipinski definition) is 3. The molecule has 1 aromatic rings. The summed E-state index contributed by atoms with van der Waals surface area (Å²) < 4.78 is 5.10. The Morgan fingerprint density at radius 1 is 1.22 bits per heavy atom. The molecule has 1 aromatic carbocycles. The van der Waals surface area contributed by atoms with Gasteiger partial charge in [-0.05, 0) is 26.0 Å². The van der Waals surface area contributed by atoms with Crippen molar-refractivity contribution in [2.45, 2.75) is 13.8 Å². The fourth-order valence-electron chi connectivity index (χ4n) is 1.58. The molecule has 1 N–H and O–H groups in total. The molecule has 0 spiro atoms. The molecule has 2 amide bonds. The maximum Gasteiger partial charge on any atom is 0.314 e. The van der Waals surface area contributed by atoms with Crippen molar-refractivity contribution in [3.05, 3.63) is 24.3 Å². The van der Waals surface area contributed by atoms with Gasteiger partial charge in [0, 0.05) is 13.1 Å². The number of hydrogen-bond donors (Lipinski definition) is 1. The summed E-state index contributed by atoms with van der Waals surface area (Å²) in [5.74, 6) is -0.660. The normalized spacial score (nSPS) is 9.72. The molecule has 0 aliphatic heterocycles. The lowest BCUT2D eigenvalue weighted by Crippen LogP contribution is -2.39. The van der Waals surface area contributed by atoms with Crippen LogP contribution in [-0.2, 0) is 9.59 Å². The zero-order chi connectivity index (χ0) is 13.5. The molecule has 5 heteroatoms. The van der Waals surface area contributed by atoms with Crippen molar-refractivity contribution in [3.8, 4) is 5.75 Å². The van der Waals surface area contributed by atoms with Gasteiger partial charge in [0.1, 0.15) is 5.75 Å². The van der Waals surface area contributed by atoms with Gasteiger partial charge in [0.05, 0.1) is 12.8 Å². The van der Waals surface area contributed by atoms with Crippen molar-refractivity contribution in [1.29, 1.82) is 0 Å². The average Bonchev–Trinajstić information content (AvgIpc) is 2.40.